The number of nitrogens with one attached hydrogen (secondary N) is 1. The van der Waals surface area contributed by atoms with Crippen molar-refractivity contribution in [2.45, 2.75) is 19.4 Å². The Labute approximate surface area is 115 Å². The Kier molecular flexibility index (Phi) is 3.58. The predicted octanol–water partition coefficient (Wildman–Crippen LogP) is 1.69. The van der Waals surface area contributed by atoms with Crippen LogP contribution in [-0.2, 0) is 0 Å². The molecule has 1 aromatic rings. The number of rotatable bonds is 3. The maximum absolute atomic E-state index is 11.2. The second-order valence-electron chi connectivity index (χ2n) is 5.33. The van der Waals surface area contributed by atoms with Crippen molar-refractivity contribution in [3.05, 3.63) is 38.4 Å². The van der Waals surface area contributed by atoms with Crippen LogP contribution in [0.15, 0.2) is 18.2 Å². The molecule has 1 fully saturated rings. The molecule has 1 aliphatic rings. The monoisotopic (exact) mass is 280 g/mol. The molecule has 0 saturated carbocycles. The lowest BCUT2D eigenvalue weighted by atomic mass is 9.98. The molecule has 0 spiro atoms. The molecule has 8 heteroatoms. The van der Waals surface area contributed by atoms with Gasteiger partial charge in [-0.1, -0.05) is 0 Å². The van der Waals surface area contributed by atoms with Gasteiger partial charge >= 0.3 is 0 Å². The van der Waals surface area contributed by atoms with Crippen molar-refractivity contribution in [1.29, 1.82) is 0 Å². The van der Waals surface area contributed by atoms with Gasteiger partial charge in [0.25, 0.3) is 11.4 Å². The minimum atomic E-state index is -0.625. The van der Waals surface area contributed by atoms with Crippen LogP contribution in [0.4, 0.5) is 17.1 Å². The average Bonchev–Trinajstić information content (AvgIpc) is 2.37. The molecule has 0 aromatic heterocycles. The third kappa shape index (κ3) is 2.55. The Hall–Kier alpha value is -2.22. The standard InChI is InChI=1S/C12H16N4O4/c1-12(2)8-13-5-6-14(12)10-4-3-9(15(17)18)7-11(10)16(19)20/h3-4,7,13H,5-6,8H2,1-2H3. The van der Waals surface area contributed by atoms with Crippen molar-refractivity contribution in [2.24, 2.45) is 0 Å². The summed E-state index contributed by atoms with van der Waals surface area (Å²) in [5.41, 5.74) is -0.367. The van der Waals surface area contributed by atoms with E-state index in [1.165, 1.54) is 12.1 Å². The van der Waals surface area contributed by atoms with E-state index in [1.807, 2.05) is 18.7 Å². The van der Waals surface area contributed by atoms with E-state index < -0.39 is 9.85 Å². The number of benzene rings is 1. The van der Waals surface area contributed by atoms with Gasteiger partial charge in [0.05, 0.1) is 15.9 Å². The zero-order valence-electron chi connectivity index (χ0n) is 11.3. The fourth-order valence-electron chi connectivity index (χ4n) is 2.43. The minimum Gasteiger partial charge on any atom is -0.358 e. The molecule has 0 atom stereocenters. The summed E-state index contributed by atoms with van der Waals surface area (Å²) in [7, 11) is 0. The van der Waals surface area contributed by atoms with Crippen molar-refractivity contribution in [1.82, 2.24) is 5.32 Å². The fourth-order valence-corrected chi connectivity index (χ4v) is 2.43. The molecule has 1 heterocycles. The second-order valence-corrected chi connectivity index (χ2v) is 5.33. The molecule has 1 aliphatic heterocycles. The van der Waals surface area contributed by atoms with Crippen LogP contribution in [-0.4, -0.2) is 35.0 Å². The third-order valence-electron chi connectivity index (χ3n) is 3.46. The zero-order chi connectivity index (χ0) is 14.9. The SMILES string of the molecule is CC1(C)CNCCN1c1ccc([N+](=O)[O-])cc1[N+](=O)[O-]. The summed E-state index contributed by atoms with van der Waals surface area (Å²) < 4.78 is 0. The summed E-state index contributed by atoms with van der Waals surface area (Å²) >= 11 is 0. The molecule has 1 aromatic carbocycles. The first-order valence-corrected chi connectivity index (χ1v) is 6.24. The summed E-state index contributed by atoms with van der Waals surface area (Å²) in [6.07, 6.45) is 0. The average molecular weight is 280 g/mol. The molecule has 2 rings (SSSR count). The number of hydrogen-bond acceptors (Lipinski definition) is 6. The van der Waals surface area contributed by atoms with E-state index in [0.29, 0.717) is 18.8 Å². The fraction of sp³-hybridized carbons (Fsp3) is 0.500. The van der Waals surface area contributed by atoms with Crippen LogP contribution in [0.1, 0.15) is 13.8 Å². The number of nitro benzene ring substituents is 2. The van der Waals surface area contributed by atoms with E-state index >= 15 is 0 Å². The number of piperazine rings is 1. The first-order chi connectivity index (χ1) is 9.33. The Morgan fingerprint density at radius 3 is 2.50 bits per heavy atom. The number of non-ortho nitro benzene ring substituents is 1. The normalized spacial score (nSPS) is 17.8. The number of nitro groups is 2. The van der Waals surface area contributed by atoms with Gasteiger partial charge in [0.15, 0.2) is 0 Å². The van der Waals surface area contributed by atoms with E-state index in [-0.39, 0.29) is 16.9 Å². The van der Waals surface area contributed by atoms with Crippen LogP contribution < -0.4 is 10.2 Å². The molecule has 1 N–H and O–H groups in total. The van der Waals surface area contributed by atoms with Crippen LogP contribution in [0.25, 0.3) is 0 Å². The van der Waals surface area contributed by atoms with Gasteiger partial charge in [-0.3, -0.25) is 20.2 Å². The van der Waals surface area contributed by atoms with Crippen molar-refractivity contribution in [3.8, 4) is 0 Å². The molecule has 0 radical (unpaired) electrons. The number of nitrogens with zero attached hydrogens (tertiary/aromatic N) is 3. The van der Waals surface area contributed by atoms with Gasteiger partial charge in [-0.25, -0.2) is 0 Å². The van der Waals surface area contributed by atoms with E-state index in [4.69, 9.17) is 0 Å². The van der Waals surface area contributed by atoms with Gasteiger partial charge in [-0.2, -0.15) is 0 Å². The van der Waals surface area contributed by atoms with E-state index in [1.54, 1.807) is 0 Å². The van der Waals surface area contributed by atoms with Gasteiger partial charge in [0, 0.05) is 31.2 Å². The summed E-state index contributed by atoms with van der Waals surface area (Å²) in [4.78, 5) is 22.7. The molecule has 8 nitrogen and oxygen atoms in total. The van der Waals surface area contributed by atoms with Crippen molar-refractivity contribution >= 4 is 17.1 Å². The summed E-state index contributed by atoms with van der Waals surface area (Å²) in [5.74, 6) is 0. The zero-order valence-corrected chi connectivity index (χ0v) is 11.3. The third-order valence-corrected chi connectivity index (χ3v) is 3.46. The lowest BCUT2D eigenvalue weighted by molar-refractivity contribution is -0.393. The molecular formula is C12H16N4O4. The van der Waals surface area contributed by atoms with Crippen LogP contribution in [0.3, 0.4) is 0 Å². The maximum atomic E-state index is 11.2. The van der Waals surface area contributed by atoms with Crippen molar-refractivity contribution in [3.63, 3.8) is 0 Å². The molecular weight excluding hydrogens is 264 g/mol. The lowest BCUT2D eigenvalue weighted by Gasteiger charge is -2.44. The van der Waals surface area contributed by atoms with Crippen LogP contribution >= 0.6 is 0 Å². The van der Waals surface area contributed by atoms with Gasteiger partial charge in [0.2, 0.25) is 0 Å². The van der Waals surface area contributed by atoms with Gasteiger partial charge in [-0.05, 0) is 19.9 Å². The van der Waals surface area contributed by atoms with Crippen LogP contribution in [0, 0.1) is 20.2 Å². The Morgan fingerprint density at radius 1 is 1.25 bits per heavy atom. The molecule has 0 unspecified atom stereocenters. The highest BCUT2D eigenvalue weighted by molar-refractivity contribution is 5.68. The highest BCUT2D eigenvalue weighted by Crippen LogP contribution is 2.36. The molecule has 1 saturated heterocycles. The Morgan fingerprint density at radius 2 is 1.95 bits per heavy atom. The predicted molar refractivity (Wildman–Crippen MR) is 74.0 cm³/mol. The summed E-state index contributed by atoms with van der Waals surface area (Å²) in [5, 5.41) is 25.2. The van der Waals surface area contributed by atoms with Gasteiger partial charge in [-0.15, -0.1) is 0 Å². The van der Waals surface area contributed by atoms with Crippen molar-refractivity contribution < 1.29 is 9.85 Å². The lowest BCUT2D eigenvalue weighted by Crippen LogP contribution is -2.58. The smallest absolute Gasteiger partial charge is 0.299 e. The van der Waals surface area contributed by atoms with Crippen LogP contribution in [0.2, 0.25) is 0 Å². The molecule has 0 aliphatic carbocycles. The largest absolute Gasteiger partial charge is 0.358 e. The van der Waals surface area contributed by atoms with Crippen molar-refractivity contribution in [2.75, 3.05) is 24.5 Å². The van der Waals surface area contributed by atoms with E-state index in [9.17, 15) is 20.2 Å². The molecule has 108 valence electrons. The number of hydrogen-bond donors (Lipinski definition) is 1. The van der Waals surface area contributed by atoms with Gasteiger partial charge < -0.3 is 10.2 Å². The van der Waals surface area contributed by atoms with E-state index in [2.05, 4.69) is 5.32 Å². The van der Waals surface area contributed by atoms with Gasteiger partial charge in [0.1, 0.15) is 5.69 Å². The minimum absolute atomic E-state index is 0.228. The summed E-state index contributed by atoms with van der Waals surface area (Å²) in [6.45, 7) is 5.99. The quantitative estimate of drug-likeness (QED) is 0.667. The number of anilines is 1. The molecule has 20 heavy (non-hydrogen) atoms. The topological polar surface area (TPSA) is 102 Å². The van der Waals surface area contributed by atoms with Crippen LogP contribution in [0.5, 0.6) is 0 Å². The van der Waals surface area contributed by atoms with E-state index in [0.717, 1.165) is 12.6 Å². The molecule has 0 bridgehead atoms. The highest BCUT2D eigenvalue weighted by atomic mass is 16.6. The highest BCUT2D eigenvalue weighted by Gasteiger charge is 2.34. The molecule has 0 amide bonds. The Bertz CT molecular complexity index is 558. The second kappa shape index (κ2) is 5.04. The maximum Gasteiger partial charge on any atom is 0.299 e. The summed E-state index contributed by atoms with van der Waals surface area (Å²) in [6, 6.07) is 3.79. The first kappa shape index (κ1) is 14.2. The first-order valence-electron chi connectivity index (χ1n) is 6.24. The Balaban J connectivity index is 2.50.